The van der Waals surface area contributed by atoms with Crippen molar-refractivity contribution in [2.45, 2.75) is 25.3 Å². The zero-order valence-electron chi connectivity index (χ0n) is 13.0. The van der Waals surface area contributed by atoms with Crippen LogP contribution in [0.15, 0.2) is 47.8 Å². The molecule has 1 aliphatic rings. The van der Waals surface area contributed by atoms with Gasteiger partial charge in [-0.3, -0.25) is 4.79 Å². The summed E-state index contributed by atoms with van der Waals surface area (Å²) in [5.74, 6) is 0.875. The maximum Gasteiger partial charge on any atom is 0.234 e. The Kier molecular flexibility index (Phi) is 7.09. The molecule has 1 aromatic heterocycles. The van der Waals surface area contributed by atoms with Crippen LogP contribution < -0.4 is 10.6 Å². The third-order valence-electron chi connectivity index (χ3n) is 3.92. The Morgan fingerprint density at radius 3 is 2.61 bits per heavy atom. The summed E-state index contributed by atoms with van der Waals surface area (Å²) in [6, 6.07) is 14.5. The second-order valence-corrected chi connectivity index (χ2v) is 6.88. The maximum atomic E-state index is 12.2. The average Bonchev–Trinajstić information content (AvgIpc) is 3.18. The van der Waals surface area contributed by atoms with Crippen molar-refractivity contribution in [2.24, 2.45) is 5.92 Å². The van der Waals surface area contributed by atoms with Crippen LogP contribution in [0.25, 0.3) is 0 Å². The van der Waals surface area contributed by atoms with E-state index in [2.05, 4.69) is 34.2 Å². The number of amides is 1. The van der Waals surface area contributed by atoms with Crippen LogP contribution in [-0.4, -0.2) is 19.0 Å². The molecule has 0 bridgehead atoms. The summed E-state index contributed by atoms with van der Waals surface area (Å²) < 4.78 is 0. The van der Waals surface area contributed by atoms with E-state index in [1.807, 2.05) is 24.3 Å². The first-order valence-electron chi connectivity index (χ1n) is 7.88. The van der Waals surface area contributed by atoms with Crippen LogP contribution in [0, 0.1) is 5.92 Å². The van der Waals surface area contributed by atoms with Gasteiger partial charge in [-0.2, -0.15) is 0 Å². The predicted molar refractivity (Wildman–Crippen MR) is 98.2 cm³/mol. The van der Waals surface area contributed by atoms with Gasteiger partial charge in [-0.25, -0.2) is 0 Å². The molecule has 2 aromatic rings. The highest BCUT2D eigenvalue weighted by Crippen LogP contribution is 2.27. The van der Waals surface area contributed by atoms with E-state index in [0.717, 1.165) is 18.9 Å². The average molecular weight is 351 g/mol. The molecule has 1 saturated carbocycles. The molecule has 1 unspecified atom stereocenters. The lowest BCUT2D eigenvalue weighted by Crippen LogP contribution is -2.37. The van der Waals surface area contributed by atoms with E-state index in [1.54, 1.807) is 11.3 Å². The molecule has 1 aliphatic carbocycles. The van der Waals surface area contributed by atoms with Gasteiger partial charge in [0.25, 0.3) is 0 Å². The van der Waals surface area contributed by atoms with Gasteiger partial charge in [0.1, 0.15) is 0 Å². The van der Waals surface area contributed by atoms with Crippen molar-refractivity contribution >= 4 is 29.7 Å². The molecule has 1 aromatic carbocycles. The minimum atomic E-state index is 0. The normalized spacial score (nSPS) is 14.8. The van der Waals surface area contributed by atoms with Crippen LogP contribution in [0.2, 0.25) is 0 Å². The fourth-order valence-electron chi connectivity index (χ4n) is 2.52. The summed E-state index contributed by atoms with van der Waals surface area (Å²) in [5.41, 5.74) is 1.24. The van der Waals surface area contributed by atoms with Crippen molar-refractivity contribution < 1.29 is 4.79 Å². The molecule has 23 heavy (non-hydrogen) atoms. The molecule has 2 N–H and O–H groups in total. The van der Waals surface area contributed by atoms with Crippen molar-refractivity contribution in [2.75, 3.05) is 13.1 Å². The third kappa shape index (κ3) is 5.98. The van der Waals surface area contributed by atoms with E-state index < -0.39 is 0 Å². The van der Waals surface area contributed by atoms with Crippen molar-refractivity contribution in [3.05, 3.63) is 58.3 Å². The highest BCUT2D eigenvalue weighted by Gasteiger charge is 2.21. The van der Waals surface area contributed by atoms with Crippen LogP contribution in [0.4, 0.5) is 0 Å². The van der Waals surface area contributed by atoms with Crippen LogP contribution in [0.3, 0.4) is 0 Å². The van der Waals surface area contributed by atoms with Crippen LogP contribution in [0.1, 0.15) is 29.3 Å². The van der Waals surface area contributed by atoms with Gasteiger partial charge >= 0.3 is 0 Å². The first-order chi connectivity index (χ1) is 10.8. The van der Waals surface area contributed by atoms with Crippen LogP contribution in [0.5, 0.6) is 0 Å². The van der Waals surface area contributed by atoms with Gasteiger partial charge in [0.2, 0.25) is 5.91 Å². The molecule has 1 atom stereocenters. The van der Waals surface area contributed by atoms with E-state index in [0.29, 0.717) is 6.54 Å². The van der Waals surface area contributed by atoms with Gasteiger partial charge in [0.15, 0.2) is 0 Å². The van der Waals surface area contributed by atoms with Gasteiger partial charge in [0.05, 0.1) is 12.6 Å². The monoisotopic (exact) mass is 350 g/mol. The van der Waals surface area contributed by atoms with Crippen molar-refractivity contribution in [1.29, 1.82) is 0 Å². The summed E-state index contributed by atoms with van der Waals surface area (Å²) in [6.45, 7) is 1.38. The highest BCUT2D eigenvalue weighted by molar-refractivity contribution is 7.10. The number of carbonyl (C=O) groups excluding carboxylic acids is 1. The number of nitrogens with one attached hydrogen (secondary N) is 2. The van der Waals surface area contributed by atoms with E-state index in [-0.39, 0.29) is 24.4 Å². The Labute approximate surface area is 147 Å². The molecular weight excluding hydrogens is 328 g/mol. The second kappa shape index (κ2) is 9.06. The smallest absolute Gasteiger partial charge is 0.234 e. The van der Waals surface area contributed by atoms with Gasteiger partial charge in [-0.05, 0) is 48.7 Å². The lowest BCUT2D eigenvalue weighted by Gasteiger charge is -2.18. The van der Waals surface area contributed by atoms with Gasteiger partial charge in [0, 0.05) is 4.88 Å². The topological polar surface area (TPSA) is 41.1 Å². The molecule has 124 valence electrons. The number of hydrogen-bond donors (Lipinski definition) is 2. The van der Waals surface area contributed by atoms with Crippen molar-refractivity contribution in [3.8, 4) is 0 Å². The zero-order chi connectivity index (χ0) is 15.2. The molecule has 0 radical (unpaired) electrons. The fourth-order valence-corrected chi connectivity index (χ4v) is 3.30. The first kappa shape index (κ1) is 18.0. The molecule has 1 amide bonds. The molecule has 5 heteroatoms. The predicted octanol–water partition coefficient (Wildman–Crippen LogP) is 3.57. The summed E-state index contributed by atoms with van der Waals surface area (Å²) in [4.78, 5) is 13.4. The molecule has 1 heterocycles. The molecule has 0 saturated heterocycles. The lowest BCUT2D eigenvalue weighted by molar-refractivity contribution is -0.121. The molecular formula is C18H23ClN2OS. The van der Waals surface area contributed by atoms with Crippen LogP contribution >= 0.6 is 23.7 Å². The largest absolute Gasteiger partial charge is 0.347 e. The van der Waals surface area contributed by atoms with Gasteiger partial charge in [-0.15, -0.1) is 23.7 Å². The number of rotatable bonds is 8. The molecule has 3 rings (SSSR count). The molecule has 3 nitrogen and oxygen atoms in total. The molecule has 1 fully saturated rings. The first-order valence-corrected chi connectivity index (χ1v) is 8.76. The van der Waals surface area contributed by atoms with Gasteiger partial charge in [-0.1, -0.05) is 36.4 Å². The van der Waals surface area contributed by atoms with E-state index >= 15 is 0 Å². The summed E-state index contributed by atoms with van der Waals surface area (Å²) >= 11 is 1.70. The lowest BCUT2D eigenvalue weighted by atomic mass is 10.0. The zero-order valence-corrected chi connectivity index (χ0v) is 14.7. The highest BCUT2D eigenvalue weighted by atomic mass is 35.5. The molecule has 0 spiro atoms. The Hall–Kier alpha value is -1.36. The van der Waals surface area contributed by atoms with E-state index in [9.17, 15) is 4.79 Å². The standard InChI is InChI=1S/C18H22N2OS.ClH/c21-18(13-19-12-15-8-9-15)20-16(17-7-4-10-22-17)11-14-5-2-1-3-6-14;/h1-7,10,15-16,19H,8-9,11-13H2,(H,20,21);1H. The number of halogens is 1. The second-order valence-electron chi connectivity index (χ2n) is 5.90. The number of thiophene rings is 1. The Bertz CT molecular complexity index is 584. The summed E-state index contributed by atoms with van der Waals surface area (Å²) in [5, 5.41) is 8.48. The Morgan fingerprint density at radius 2 is 1.96 bits per heavy atom. The van der Waals surface area contributed by atoms with Gasteiger partial charge < -0.3 is 10.6 Å². The van der Waals surface area contributed by atoms with Crippen LogP contribution in [-0.2, 0) is 11.2 Å². The Morgan fingerprint density at radius 1 is 1.17 bits per heavy atom. The maximum absolute atomic E-state index is 12.2. The Balaban J connectivity index is 0.00000192. The quantitative estimate of drug-likeness (QED) is 0.764. The van der Waals surface area contributed by atoms with E-state index in [1.165, 1.54) is 23.3 Å². The number of benzene rings is 1. The molecule has 0 aliphatic heterocycles. The minimum absolute atomic E-state index is 0. The minimum Gasteiger partial charge on any atom is -0.347 e. The summed E-state index contributed by atoms with van der Waals surface area (Å²) in [6.07, 6.45) is 3.44. The van der Waals surface area contributed by atoms with E-state index in [4.69, 9.17) is 0 Å². The van der Waals surface area contributed by atoms with Crippen molar-refractivity contribution in [3.63, 3.8) is 0 Å². The third-order valence-corrected chi connectivity index (χ3v) is 4.91. The number of carbonyl (C=O) groups is 1. The SMILES string of the molecule is Cl.O=C(CNCC1CC1)NC(Cc1ccccc1)c1cccs1. The van der Waals surface area contributed by atoms with Crippen molar-refractivity contribution in [1.82, 2.24) is 10.6 Å². The number of hydrogen-bond acceptors (Lipinski definition) is 3. The fraction of sp³-hybridized carbons (Fsp3) is 0.389. The summed E-state index contributed by atoms with van der Waals surface area (Å²) in [7, 11) is 0.